The first-order chi connectivity index (χ1) is 14.7. The van der Waals surface area contributed by atoms with Crippen molar-refractivity contribution in [1.29, 1.82) is 0 Å². The van der Waals surface area contributed by atoms with E-state index in [1.165, 1.54) is 0 Å². The molecule has 0 heterocycles. The van der Waals surface area contributed by atoms with E-state index in [0.717, 1.165) is 35.8 Å². The lowest BCUT2D eigenvalue weighted by molar-refractivity contribution is 0.172. The number of guanidine groups is 1. The summed E-state index contributed by atoms with van der Waals surface area (Å²) in [6.45, 7) is 5.33. The van der Waals surface area contributed by atoms with Gasteiger partial charge in [0, 0.05) is 33.2 Å². The minimum atomic E-state index is 0.552. The van der Waals surface area contributed by atoms with E-state index in [9.17, 15) is 0 Å². The maximum absolute atomic E-state index is 5.77. The summed E-state index contributed by atoms with van der Waals surface area (Å²) >= 11 is 0. The zero-order valence-corrected chi connectivity index (χ0v) is 18.4. The van der Waals surface area contributed by atoms with Gasteiger partial charge in [0.1, 0.15) is 5.75 Å². The van der Waals surface area contributed by atoms with Crippen LogP contribution in [-0.4, -0.2) is 47.0 Å². The molecule has 2 rings (SSSR count). The van der Waals surface area contributed by atoms with Crippen molar-refractivity contribution >= 4 is 5.96 Å². The molecule has 0 saturated heterocycles. The SMILES string of the molecule is CCNC(=NCc1cccc(OCCCOC)c1)NCc1ccc(OC)c(OC)c1. The Bertz CT molecular complexity index is 796. The summed E-state index contributed by atoms with van der Waals surface area (Å²) in [6, 6.07) is 13.9. The van der Waals surface area contributed by atoms with Crippen LogP contribution in [0.2, 0.25) is 0 Å². The van der Waals surface area contributed by atoms with Crippen LogP contribution >= 0.6 is 0 Å². The highest BCUT2D eigenvalue weighted by atomic mass is 16.5. The summed E-state index contributed by atoms with van der Waals surface area (Å²) in [6.07, 6.45) is 0.865. The number of rotatable bonds is 12. The van der Waals surface area contributed by atoms with Gasteiger partial charge < -0.3 is 29.6 Å². The minimum Gasteiger partial charge on any atom is -0.493 e. The fourth-order valence-corrected chi connectivity index (χ4v) is 2.82. The average Bonchev–Trinajstić information content (AvgIpc) is 2.78. The molecule has 7 heteroatoms. The van der Waals surface area contributed by atoms with Gasteiger partial charge >= 0.3 is 0 Å². The highest BCUT2D eigenvalue weighted by Crippen LogP contribution is 2.27. The number of ether oxygens (including phenoxy) is 4. The lowest BCUT2D eigenvalue weighted by atomic mass is 10.2. The van der Waals surface area contributed by atoms with E-state index in [1.54, 1.807) is 21.3 Å². The molecule has 2 aromatic carbocycles. The van der Waals surface area contributed by atoms with Crippen LogP contribution in [0.5, 0.6) is 17.2 Å². The number of nitrogens with one attached hydrogen (secondary N) is 2. The fraction of sp³-hybridized carbons (Fsp3) is 0.435. The first kappa shape index (κ1) is 23.3. The van der Waals surface area contributed by atoms with E-state index in [-0.39, 0.29) is 0 Å². The third kappa shape index (κ3) is 7.83. The molecule has 0 aliphatic rings. The first-order valence-electron chi connectivity index (χ1n) is 10.1. The second-order valence-electron chi connectivity index (χ2n) is 6.58. The Kier molecular flexibility index (Phi) is 10.4. The topological polar surface area (TPSA) is 73.3 Å². The van der Waals surface area contributed by atoms with Gasteiger partial charge in [0.15, 0.2) is 17.5 Å². The third-order valence-corrected chi connectivity index (χ3v) is 4.33. The molecule has 2 aromatic rings. The quantitative estimate of drug-likeness (QED) is 0.315. The number of hydrogen-bond acceptors (Lipinski definition) is 5. The predicted octanol–water partition coefficient (Wildman–Crippen LogP) is 3.37. The van der Waals surface area contributed by atoms with Crippen LogP contribution in [0.15, 0.2) is 47.5 Å². The van der Waals surface area contributed by atoms with Crippen LogP contribution in [0.1, 0.15) is 24.5 Å². The molecular formula is C23H33N3O4. The second kappa shape index (κ2) is 13.3. The maximum Gasteiger partial charge on any atom is 0.191 e. The van der Waals surface area contributed by atoms with Crippen LogP contribution in [0.25, 0.3) is 0 Å². The Morgan fingerprint density at radius 1 is 0.900 bits per heavy atom. The van der Waals surface area contributed by atoms with Crippen molar-refractivity contribution in [3.63, 3.8) is 0 Å². The smallest absolute Gasteiger partial charge is 0.191 e. The Morgan fingerprint density at radius 3 is 2.47 bits per heavy atom. The van der Waals surface area contributed by atoms with E-state index in [2.05, 4.69) is 15.6 Å². The van der Waals surface area contributed by atoms with Gasteiger partial charge in [0.25, 0.3) is 0 Å². The standard InChI is InChI=1S/C23H33N3O4/c1-5-24-23(26-17-19-10-11-21(28-3)22(15-19)29-4)25-16-18-8-6-9-20(14-18)30-13-7-12-27-2/h6,8-11,14-15H,5,7,12-13,16-17H2,1-4H3,(H2,24,25,26). The van der Waals surface area contributed by atoms with Gasteiger partial charge in [-0.05, 0) is 42.3 Å². The van der Waals surface area contributed by atoms with Crippen molar-refractivity contribution in [2.45, 2.75) is 26.4 Å². The Hall–Kier alpha value is -2.93. The van der Waals surface area contributed by atoms with Crippen LogP contribution in [0, 0.1) is 0 Å². The predicted molar refractivity (Wildman–Crippen MR) is 120 cm³/mol. The Morgan fingerprint density at radius 2 is 1.73 bits per heavy atom. The fourth-order valence-electron chi connectivity index (χ4n) is 2.82. The summed E-state index contributed by atoms with van der Waals surface area (Å²) in [5, 5.41) is 6.63. The molecular weight excluding hydrogens is 382 g/mol. The van der Waals surface area contributed by atoms with Crippen molar-refractivity contribution in [2.75, 3.05) is 41.1 Å². The maximum atomic E-state index is 5.77. The molecule has 0 spiro atoms. The van der Waals surface area contributed by atoms with Gasteiger partial charge in [-0.1, -0.05) is 18.2 Å². The summed E-state index contributed by atoms with van der Waals surface area (Å²) in [5.41, 5.74) is 2.16. The van der Waals surface area contributed by atoms with E-state index < -0.39 is 0 Å². The van der Waals surface area contributed by atoms with Crippen LogP contribution in [0.4, 0.5) is 0 Å². The molecule has 0 amide bonds. The molecule has 0 atom stereocenters. The molecule has 0 bridgehead atoms. The normalized spacial score (nSPS) is 11.1. The number of nitrogens with zero attached hydrogens (tertiary/aromatic N) is 1. The van der Waals surface area contributed by atoms with Crippen molar-refractivity contribution in [1.82, 2.24) is 10.6 Å². The van der Waals surface area contributed by atoms with E-state index in [0.29, 0.717) is 37.8 Å². The van der Waals surface area contributed by atoms with Gasteiger partial charge in [-0.3, -0.25) is 0 Å². The summed E-state index contributed by atoms with van der Waals surface area (Å²) in [4.78, 5) is 4.69. The van der Waals surface area contributed by atoms with Crippen LogP contribution in [-0.2, 0) is 17.8 Å². The summed E-state index contributed by atoms with van der Waals surface area (Å²) in [7, 11) is 4.96. The highest BCUT2D eigenvalue weighted by Gasteiger charge is 2.05. The van der Waals surface area contributed by atoms with E-state index in [4.69, 9.17) is 18.9 Å². The van der Waals surface area contributed by atoms with E-state index >= 15 is 0 Å². The van der Waals surface area contributed by atoms with Crippen molar-refractivity contribution < 1.29 is 18.9 Å². The molecule has 30 heavy (non-hydrogen) atoms. The molecule has 0 fully saturated rings. The summed E-state index contributed by atoms with van der Waals surface area (Å²) in [5.74, 6) is 3.02. The number of methoxy groups -OCH3 is 3. The number of benzene rings is 2. The Balaban J connectivity index is 1.96. The molecule has 0 radical (unpaired) electrons. The van der Waals surface area contributed by atoms with Crippen LogP contribution in [0.3, 0.4) is 0 Å². The molecule has 0 aliphatic carbocycles. The zero-order valence-electron chi connectivity index (χ0n) is 18.4. The molecule has 0 saturated carbocycles. The van der Waals surface area contributed by atoms with Crippen LogP contribution < -0.4 is 24.8 Å². The molecule has 0 unspecified atom stereocenters. The number of hydrogen-bond donors (Lipinski definition) is 2. The Labute approximate surface area is 179 Å². The minimum absolute atomic E-state index is 0.552. The number of aliphatic imine (C=N–C) groups is 1. The van der Waals surface area contributed by atoms with Crippen molar-refractivity contribution in [3.8, 4) is 17.2 Å². The van der Waals surface area contributed by atoms with E-state index in [1.807, 2.05) is 49.4 Å². The van der Waals surface area contributed by atoms with Gasteiger partial charge in [0.05, 0.1) is 27.4 Å². The van der Waals surface area contributed by atoms with Gasteiger partial charge in [-0.2, -0.15) is 0 Å². The molecule has 2 N–H and O–H groups in total. The molecule has 7 nitrogen and oxygen atoms in total. The molecule has 0 aliphatic heterocycles. The van der Waals surface area contributed by atoms with Gasteiger partial charge in [0.2, 0.25) is 0 Å². The lowest BCUT2D eigenvalue weighted by Crippen LogP contribution is -2.36. The first-order valence-corrected chi connectivity index (χ1v) is 10.1. The molecule has 164 valence electrons. The van der Waals surface area contributed by atoms with Crippen molar-refractivity contribution in [2.24, 2.45) is 4.99 Å². The van der Waals surface area contributed by atoms with Gasteiger partial charge in [-0.25, -0.2) is 4.99 Å². The zero-order chi connectivity index (χ0) is 21.6. The highest BCUT2D eigenvalue weighted by molar-refractivity contribution is 5.79. The van der Waals surface area contributed by atoms with Gasteiger partial charge in [-0.15, -0.1) is 0 Å². The summed E-state index contributed by atoms with van der Waals surface area (Å²) < 4.78 is 21.5. The van der Waals surface area contributed by atoms with Crippen molar-refractivity contribution in [3.05, 3.63) is 53.6 Å². The lowest BCUT2D eigenvalue weighted by Gasteiger charge is -2.13. The monoisotopic (exact) mass is 415 g/mol. The third-order valence-electron chi connectivity index (χ3n) is 4.33. The largest absolute Gasteiger partial charge is 0.493 e. The molecule has 0 aromatic heterocycles. The average molecular weight is 416 g/mol. The second-order valence-corrected chi connectivity index (χ2v) is 6.58.